The maximum absolute atomic E-state index is 11.7. The number of aryl methyl sites for hydroxylation is 1. The molecule has 1 aromatic heterocycles. The van der Waals surface area contributed by atoms with Crippen molar-refractivity contribution in [2.45, 2.75) is 13.5 Å². The van der Waals surface area contributed by atoms with Crippen LogP contribution in [0, 0.1) is 6.92 Å². The van der Waals surface area contributed by atoms with E-state index in [4.69, 9.17) is 10.3 Å². The van der Waals surface area contributed by atoms with E-state index in [0.29, 0.717) is 17.9 Å². The highest BCUT2D eigenvalue weighted by atomic mass is 16.5. The first-order valence-corrected chi connectivity index (χ1v) is 5.22. The van der Waals surface area contributed by atoms with Crippen molar-refractivity contribution in [1.29, 1.82) is 0 Å². The summed E-state index contributed by atoms with van der Waals surface area (Å²) in [5.41, 5.74) is 7.87. The molecule has 3 N–H and O–H groups in total. The van der Waals surface area contributed by atoms with Gasteiger partial charge in [0.2, 0.25) is 5.76 Å². The summed E-state index contributed by atoms with van der Waals surface area (Å²) in [7, 11) is 0. The number of benzene rings is 1. The number of aromatic nitrogens is 1. The Morgan fingerprint density at radius 2 is 2.12 bits per heavy atom. The van der Waals surface area contributed by atoms with Gasteiger partial charge in [-0.15, -0.1) is 0 Å². The van der Waals surface area contributed by atoms with Gasteiger partial charge < -0.3 is 15.6 Å². The molecule has 0 unspecified atom stereocenters. The number of carbonyl (C=O) groups is 1. The smallest absolute Gasteiger partial charge is 0.294 e. The van der Waals surface area contributed by atoms with E-state index in [2.05, 4.69) is 10.5 Å². The van der Waals surface area contributed by atoms with Gasteiger partial charge >= 0.3 is 0 Å². The highest BCUT2D eigenvalue weighted by Crippen LogP contribution is 2.11. The van der Waals surface area contributed by atoms with Crippen LogP contribution in [0.5, 0.6) is 0 Å². The van der Waals surface area contributed by atoms with Crippen LogP contribution >= 0.6 is 0 Å². The van der Waals surface area contributed by atoms with E-state index in [0.717, 1.165) is 5.56 Å². The largest absolute Gasteiger partial charge is 0.351 e. The van der Waals surface area contributed by atoms with Crippen molar-refractivity contribution >= 4 is 11.6 Å². The zero-order valence-electron chi connectivity index (χ0n) is 9.43. The lowest BCUT2D eigenvalue weighted by atomic mass is 10.2. The van der Waals surface area contributed by atoms with Crippen LogP contribution in [-0.2, 0) is 6.54 Å². The maximum Gasteiger partial charge on any atom is 0.294 e. The highest BCUT2D eigenvalue weighted by Gasteiger charge is 2.11. The van der Waals surface area contributed by atoms with Crippen molar-refractivity contribution in [1.82, 2.24) is 5.16 Å². The second-order valence-electron chi connectivity index (χ2n) is 3.69. The molecule has 0 fully saturated rings. The number of hydrogen-bond acceptors (Lipinski definition) is 4. The third kappa shape index (κ3) is 2.70. The van der Waals surface area contributed by atoms with Crippen LogP contribution in [0.3, 0.4) is 0 Å². The van der Waals surface area contributed by atoms with Crippen molar-refractivity contribution in [3.05, 3.63) is 47.3 Å². The molecule has 0 aliphatic heterocycles. The van der Waals surface area contributed by atoms with Gasteiger partial charge in [0.25, 0.3) is 5.91 Å². The number of nitrogens with two attached hydrogens (primary N) is 1. The number of rotatable bonds is 3. The van der Waals surface area contributed by atoms with Crippen molar-refractivity contribution in [3.63, 3.8) is 0 Å². The van der Waals surface area contributed by atoms with Crippen molar-refractivity contribution in [2.24, 2.45) is 5.73 Å². The van der Waals surface area contributed by atoms with Crippen LogP contribution in [0.25, 0.3) is 0 Å². The Bertz CT molecular complexity index is 517. The molecule has 1 amide bonds. The average Bonchev–Trinajstić information content (AvgIpc) is 2.77. The molecule has 17 heavy (non-hydrogen) atoms. The van der Waals surface area contributed by atoms with E-state index in [1.807, 2.05) is 12.1 Å². The first kappa shape index (κ1) is 11.3. The molecule has 5 heteroatoms. The second kappa shape index (κ2) is 4.80. The highest BCUT2D eigenvalue weighted by molar-refractivity contribution is 6.02. The Kier molecular flexibility index (Phi) is 3.20. The Morgan fingerprint density at radius 1 is 1.41 bits per heavy atom. The third-order valence-electron chi connectivity index (χ3n) is 2.30. The predicted octanol–water partition coefficient (Wildman–Crippen LogP) is 1.69. The zero-order valence-corrected chi connectivity index (χ0v) is 9.43. The van der Waals surface area contributed by atoms with E-state index < -0.39 is 0 Å². The molecular formula is C12H13N3O2. The molecule has 88 valence electrons. The lowest BCUT2D eigenvalue weighted by Crippen LogP contribution is -2.10. The molecular weight excluding hydrogens is 218 g/mol. The third-order valence-corrected chi connectivity index (χ3v) is 2.30. The number of anilines is 1. The van der Waals surface area contributed by atoms with Gasteiger partial charge in [0.15, 0.2) is 0 Å². The Hall–Kier alpha value is -2.14. The minimum absolute atomic E-state index is 0.199. The zero-order chi connectivity index (χ0) is 12.3. The van der Waals surface area contributed by atoms with E-state index in [9.17, 15) is 4.79 Å². The first-order chi connectivity index (χ1) is 8.19. The number of amides is 1. The van der Waals surface area contributed by atoms with E-state index in [1.165, 1.54) is 0 Å². The maximum atomic E-state index is 11.7. The fourth-order valence-electron chi connectivity index (χ4n) is 1.39. The minimum Gasteiger partial charge on any atom is -0.351 e. The van der Waals surface area contributed by atoms with Gasteiger partial charge in [-0.05, 0) is 24.6 Å². The fourth-order valence-corrected chi connectivity index (χ4v) is 1.39. The molecule has 0 spiro atoms. The molecule has 1 aromatic carbocycles. The summed E-state index contributed by atoms with van der Waals surface area (Å²) in [4.78, 5) is 11.7. The van der Waals surface area contributed by atoms with Gasteiger partial charge in [0.05, 0.1) is 5.69 Å². The second-order valence-corrected chi connectivity index (χ2v) is 3.69. The molecule has 0 aliphatic rings. The quantitative estimate of drug-likeness (QED) is 0.842. The molecule has 2 aromatic rings. The van der Waals surface area contributed by atoms with Gasteiger partial charge in [-0.1, -0.05) is 17.3 Å². The van der Waals surface area contributed by atoms with Gasteiger partial charge in [-0.3, -0.25) is 4.79 Å². The molecule has 2 rings (SSSR count). The lowest BCUT2D eigenvalue weighted by Gasteiger charge is -2.03. The van der Waals surface area contributed by atoms with Gasteiger partial charge in [-0.2, -0.15) is 0 Å². The summed E-state index contributed by atoms with van der Waals surface area (Å²) in [5.74, 6) is -0.114. The van der Waals surface area contributed by atoms with Gasteiger partial charge in [0.1, 0.15) is 0 Å². The molecule has 5 nitrogen and oxygen atoms in total. The Morgan fingerprint density at radius 3 is 2.65 bits per heavy atom. The SMILES string of the molecule is Cc1cc(C(=O)Nc2ccc(CN)cc2)on1. The summed E-state index contributed by atoms with van der Waals surface area (Å²) in [6.45, 7) is 2.24. The molecule has 0 saturated carbocycles. The lowest BCUT2D eigenvalue weighted by molar-refractivity contribution is 0.0988. The Labute approximate surface area is 98.6 Å². The molecule has 0 atom stereocenters. The number of hydrogen-bond donors (Lipinski definition) is 2. The van der Waals surface area contributed by atoms with Gasteiger partial charge in [0, 0.05) is 18.3 Å². The van der Waals surface area contributed by atoms with Crippen molar-refractivity contribution < 1.29 is 9.32 Å². The normalized spacial score (nSPS) is 10.2. The molecule has 0 radical (unpaired) electrons. The topological polar surface area (TPSA) is 81.2 Å². The molecule has 0 bridgehead atoms. The van der Waals surface area contributed by atoms with Crippen molar-refractivity contribution in [3.8, 4) is 0 Å². The standard InChI is InChI=1S/C12H13N3O2/c1-8-6-11(17-15-8)12(16)14-10-4-2-9(7-13)3-5-10/h2-6H,7,13H2,1H3,(H,14,16). The first-order valence-electron chi connectivity index (χ1n) is 5.22. The number of carbonyl (C=O) groups excluding carboxylic acids is 1. The number of nitrogens with zero attached hydrogens (tertiary/aromatic N) is 1. The summed E-state index contributed by atoms with van der Waals surface area (Å²) in [6, 6.07) is 8.90. The van der Waals surface area contributed by atoms with E-state index in [1.54, 1.807) is 25.1 Å². The fraction of sp³-hybridized carbons (Fsp3) is 0.167. The molecule has 0 saturated heterocycles. The van der Waals surface area contributed by atoms with Crippen LogP contribution in [0.4, 0.5) is 5.69 Å². The van der Waals surface area contributed by atoms with E-state index >= 15 is 0 Å². The van der Waals surface area contributed by atoms with Crippen LogP contribution in [0.1, 0.15) is 21.8 Å². The number of nitrogens with one attached hydrogen (secondary N) is 1. The summed E-state index contributed by atoms with van der Waals surface area (Å²) in [5, 5.41) is 6.36. The Balaban J connectivity index is 2.07. The summed E-state index contributed by atoms with van der Waals surface area (Å²) >= 11 is 0. The predicted molar refractivity (Wildman–Crippen MR) is 63.5 cm³/mol. The summed E-state index contributed by atoms with van der Waals surface area (Å²) < 4.78 is 4.86. The molecule has 1 heterocycles. The van der Waals surface area contributed by atoms with Crippen molar-refractivity contribution in [2.75, 3.05) is 5.32 Å². The van der Waals surface area contributed by atoms with Crippen LogP contribution in [-0.4, -0.2) is 11.1 Å². The van der Waals surface area contributed by atoms with E-state index in [-0.39, 0.29) is 11.7 Å². The van der Waals surface area contributed by atoms with Gasteiger partial charge in [-0.25, -0.2) is 0 Å². The molecule has 0 aliphatic carbocycles. The minimum atomic E-state index is -0.314. The van der Waals surface area contributed by atoms with Crippen LogP contribution < -0.4 is 11.1 Å². The van der Waals surface area contributed by atoms with Crippen LogP contribution in [0.2, 0.25) is 0 Å². The van der Waals surface area contributed by atoms with Crippen LogP contribution in [0.15, 0.2) is 34.9 Å². The monoisotopic (exact) mass is 231 g/mol. The summed E-state index contributed by atoms with van der Waals surface area (Å²) in [6.07, 6.45) is 0. The average molecular weight is 231 g/mol.